The first kappa shape index (κ1) is 20.6. The number of morpholine rings is 1. The first-order valence-corrected chi connectivity index (χ1v) is 10.8. The standard InChI is InChI=1S/C22H25FN4O2S/c1-13-9-18(16(4)27(13)22-24-7-8-30-22)21(28)25-17-5-6-20(19(23)10-17)26-11-14(2)29-15(3)12-26/h5-10,14-15H,11-12H2,1-4H3,(H,25,28). The van der Waals surface area contributed by atoms with Crippen LogP contribution in [-0.2, 0) is 4.74 Å². The van der Waals surface area contributed by atoms with Gasteiger partial charge in [0.15, 0.2) is 5.13 Å². The van der Waals surface area contributed by atoms with Gasteiger partial charge in [0.2, 0.25) is 0 Å². The molecule has 3 aromatic rings. The number of carbonyl (C=O) groups is 1. The molecule has 1 N–H and O–H groups in total. The molecule has 2 atom stereocenters. The van der Waals surface area contributed by atoms with E-state index in [1.54, 1.807) is 18.3 Å². The molecule has 158 valence electrons. The zero-order valence-electron chi connectivity index (χ0n) is 17.5. The Morgan fingerprint density at radius 1 is 1.23 bits per heavy atom. The first-order chi connectivity index (χ1) is 14.3. The van der Waals surface area contributed by atoms with Crippen LogP contribution in [0.1, 0.15) is 35.6 Å². The monoisotopic (exact) mass is 428 g/mol. The molecule has 0 bridgehead atoms. The molecule has 2 unspecified atom stereocenters. The predicted molar refractivity (Wildman–Crippen MR) is 117 cm³/mol. The molecular weight excluding hydrogens is 403 g/mol. The topological polar surface area (TPSA) is 59.4 Å². The normalized spacial score (nSPS) is 19.2. The third kappa shape index (κ3) is 3.97. The molecule has 3 heterocycles. The summed E-state index contributed by atoms with van der Waals surface area (Å²) in [6.07, 6.45) is 1.82. The van der Waals surface area contributed by atoms with Crippen LogP contribution in [0.25, 0.3) is 5.13 Å². The van der Waals surface area contributed by atoms with Gasteiger partial charge >= 0.3 is 0 Å². The van der Waals surface area contributed by atoms with E-state index in [4.69, 9.17) is 4.74 Å². The van der Waals surface area contributed by atoms with Gasteiger partial charge in [-0.15, -0.1) is 11.3 Å². The molecule has 0 spiro atoms. The summed E-state index contributed by atoms with van der Waals surface area (Å²) in [5, 5.41) is 5.53. The SMILES string of the molecule is Cc1cc(C(=O)Nc2ccc(N3CC(C)OC(C)C3)c(F)c2)c(C)n1-c1nccs1. The van der Waals surface area contributed by atoms with E-state index < -0.39 is 0 Å². The Morgan fingerprint density at radius 3 is 2.60 bits per heavy atom. The molecule has 1 aromatic carbocycles. The summed E-state index contributed by atoms with van der Waals surface area (Å²) in [6.45, 7) is 9.05. The minimum Gasteiger partial charge on any atom is -0.372 e. The summed E-state index contributed by atoms with van der Waals surface area (Å²) >= 11 is 1.51. The number of halogens is 1. The Labute approximate surface area is 179 Å². The zero-order chi connectivity index (χ0) is 21.4. The second kappa shape index (κ2) is 8.20. The second-order valence-electron chi connectivity index (χ2n) is 7.72. The maximum Gasteiger partial charge on any atom is 0.257 e. The summed E-state index contributed by atoms with van der Waals surface area (Å²) in [7, 11) is 0. The number of rotatable bonds is 4. The van der Waals surface area contributed by atoms with Gasteiger partial charge in [-0.25, -0.2) is 9.37 Å². The zero-order valence-corrected chi connectivity index (χ0v) is 18.3. The number of nitrogens with one attached hydrogen (secondary N) is 1. The van der Waals surface area contributed by atoms with Crippen molar-refractivity contribution in [2.45, 2.75) is 39.9 Å². The summed E-state index contributed by atoms with van der Waals surface area (Å²) in [4.78, 5) is 19.2. The Morgan fingerprint density at radius 2 is 1.97 bits per heavy atom. The Hall–Kier alpha value is -2.71. The van der Waals surface area contributed by atoms with Crippen LogP contribution < -0.4 is 10.2 Å². The fraction of sp³-hybridized carbons (Fsp3) is 0.364. The third-order valence-corrected chi connectivity index (χ3v) is 6.01. The number of amides is 1. The third-order valence-electron chi connectivity index (χ3n) is 5.25. The Bertz CT molecular complexity index is 1050. The van der Waals surface area contributed by atoms with Crippen molar-refractivity contribution in [3.8, 4) is 5.13 Å². The smallest absolute Gasteiger partial charge is 0.257 e. The van der Waals surface area contributed by atoms with Crippen LogP contribution in [0.2, 0.25) is 0 Å². The van der Waals surface area contributed by atoms with Gasteiger partial charge in [-0.05, 0) is 52.0 Å². The molecule has 0 saturated carbocycles. The lowest BCUT2D eigenvalue weighted by atomic mass is 10.1. The predicted octanol–water partition coefficient (Wildman–Crippen LogP) is 4.56. The van der Waals surface area contributed by atoms with Crippen LogP contribution in [0.4, 0.5) is 15.8 Å². The van der Waals surface area contributed by atoms with E-state index in [0.717, 1.165) is 16.5 Å². The van der Waals surface area contributed by atoms with Crippen molar-refractivity contribution < 1.29 is 13.9 Å². The number of nitrogens with zero attached hydrogens (tertiary/aromatic N) is 3. The number of carbonyl (C=O) groups excluding carboxylic acids is 1. The van der Waals surface area contributed by atoms with Gasteiger partial charge in [0.1, 0.15) is 5.82 Å². The molecular formula is C22H25FN4O2S. The van der Waals surface area contributed by atoms with Gasteiger partial charge in [-0.2, -0.15) is 0 Å². The van der Waals surface area contributed by atoms with E-state index in [0.29, 0.717) is 30.0 Å². The van der Waals surface area contributed by atoms with Gasteiger partial charge in [-0.1, -0.05) is 0 Å². The molecule has 2 aromatic heterocycles. The van der Waals surface area contributed by atoms with E-state index in [9.17, 15) is 9.18 Å². The minimum absolute atomic E-state index is 0.0422. The summed E-state index contributed by atoms with van der Waals surface area (Å²) < 4.78 is 22.5. The van der Waals surface area contributed by atoms with Crippen molar-refractivity contribution in [1.29, 1.82) is 0 Å². The lowest BCUT2D eigenvalue weighted by Crippen LogP contribution is -2.45. The highest BCUT2D eigenvalue weighted by Crippen LogP contribution is 2.27. The number of thiazole rings is 1. The molecule has 1 amide bonds. The van der Waals surface area contributed by atoms with Gasteiger partial charge in [0.05, 0.1) is 23.5 Å². The number of aryl methyl sites for hydroxylation is 1. The molecule has 30 heavy (non-hydrogen) atoms. The van der Waals surface area contributed by atoms with Gasteiger partial charge in [0.25, 0.3) is 5.91 Å². The van der Waals surface area contributed by atoms with Crippen molar-refractivity contribution in [1.82, 2.24) is 9.55 Å². The number of hydrogen-bond acceptors (Lipinski definition) is 5. The highest BCUT2D eigenvalue weighted by molar-refractivity contribution is 7.12. The van der Waals surface area contributed by atoms with Crippen LogP contribution >= 0.6 is 11.3 Å². The largest absolute Gasteiger partial charge is 0.372 e. The van der Waals surface area contributed by atoms with Crippen molar-refractivity contribution in [2.75, 3.05) is 23.3 Å². The van der Waals surface area contributed by atoms with Gasteiger partial charge < -0.3 is 15.0 Å². The number of hydrogen-bond donors (Lipinski definition) is 1. The van der Waals surface area contributed by atoms with Crippen molar-refractivity contribution in [3.05, 3.63) is 58.6 Å². The average molecular weight is 429 g/mol. The fourth-order valence-corrected chi connectivity index (χ4v) is 4.78. The highest BCUT2D eigenvalue weighted by Gasteiger charge is 2.24. The minimum atomic E-state index is -0.359. The molecule has 0 radical (unpaired) electrons. The maximum atomic E-state index is 14.8. The van der Waals surface area contributed by atoms with E-state index in [1.165, 1.54) is 17.4 Å². The molecule has 4 rings (SSSR count). The Kier molecular flexibility index (Phi) is 5.62. The summed E-state index contributed by atoms with van der Waals surface area (Å²) in [5.74, 6) is -0.631. The molecule has 1 aliphatic rings. The van der Waals surface area contributed by atoms with Crippen molar-refractivity contribution in [2.24, 2.45) is 0 Å². The lowest BCUT2D eigenvalue weighted by Gasteiger charge is -2.37. The first-order valence-electron chi connectivity index (χ1n) is 9.93. The summed E-state index contributed by atoms with van der Waals surface area (Å²) in [5.41, 5.74) is 3.22. The van der Waals surface area contributed by atoms with Crippen LogP contribution in [0, 0.1) is 19.7 Å². The number of benzene rings is 1. The van der Waals surface area contributed by atoms with E-state index in [2.05, 4.69) is 10.3 Å². The lowest BCUT2D eigenvalue weighted by molar-refractivity contribution is -0.00539. The molecule has 6 nitrogen and oxygen atoms in total. The highest BCUT2D eigenvalue weighted by atomic mass is 32.1. The summed E-state index contributed by atoms with van der Waals surface area (Å²) in [6, 6.07) is 6.65. The van der Waals surface area contributed by atoms with Crippen LogP contribution in [-0.4, -0.2) is 40.8 Å². The van der Waals surface area contributed by atoms with Crippen LogP contribution in [0.3, 0.4) is 0 Å². The molecule has 8 heteroatoms. The van der Waals surface area contributed by atoms with E-state index in [-0.39, 0.29) is 23.9 Å². The van der Waals surface area contributed by atoms with E-state index >= 15 is 0 Å². The quantitative estimate of drug-likeness (QED) is 0.662. The van der Waals surface area contributed by atoms with Gasteiger partial charge in [-0.3, -0.25) is 9.36 Å². The number of anilines is 2. The number of aromatic nitrogens is 2. The number of ether oxygens (including phenoxy) is 1. The van der Waals surface area contributed by atoms with E-state index in [1.807, 2.05) is 48.6 Å². The molecule has 1 saturated heterocycles. The van der Waals surface area contributed by atoms with Crippen molar-refractivity contribution >= 4 is 28.6 Å². The van der Waals surface area contributed by atoms with Crippen LogP contribution in [0.5, 0.6) is 0 Å². The maximum absolute atomic E-state index is 14.8. The fourth-order valence-electron chi connectivity index (χ4n) is 4.03. The second-order valence-corrected chi connectivity index (χ2v) is 8.59. The molecule has 1 fully saturated rings. The Balaban J connectivity index is 1.53. The van der Waals surface area contributed by atoms with Crippen LogP contribution in [0.15, 0.2) is 35.8 Å². The molecule has 0 aliphatic carbocycles. The van der Waals surface area contributed by atoms with Gasteiger partial charge in [0, 0.05) is 41.7 Å². The average Bonchev–Trinajstić information content (AvgIpc) is 3.28. The molecule has 1 aliphatic heterocycles. The van der Waals surface area contributed by atoms with Crippen molar-refractivity contribution in [3.63, 3.8) is 0 Å².